The van der Waals surface area contributed by atoms with Gasteiger partial charge in [0.2, 0.25) is 0 Å². The van der Waals surface area contributed by atoms with E-state index in [2.05, 4.69) is 0 Å². The summed E-state index contributed by atoms with van der Waals surface area (Å²) in [5.41, 5.74) is 5.09. The monoisotopic (exact) mass is 228 g/mol. The molecule has 7 nitrogen and oxygen atoms in total. The minimum absolute atomic E-state index is 0.0826. The van der Waals surface area contributed by atoms with Crippen LogP contribution >= 0.6 is 0 Å². The number of aliphatic hydroxyl groups is 3. The van der Waals surface area contributed by atoms with Crippen LogP contribution in [0.2, 0.25) is 0 Å². The molecule has 0 aromatic heterocycles. The summed E-state index contributed by atoms with van der Waals surface area (Å²) < 4.78 is 0. The Kier molecular flexibility index (Phi) is 3.78. The molecule has 0 aliphatic heterocycles. The maximum Gasteiger partial charge on any atom is 0.277 e. The van der Waals surface area contributed by atoms with Crippen molar-refractivity contribution >= 4 is 11.4 Å². The number of hydrogen-bond acceptors (Lipinski definition) is 6. The minimum Gasteiger partial charge on any atom is -0.399 e. The predicted octanol–water partition coefficient (Wildman–Crippen LogP) is -0.436. The van der Waals surface area contributed by atoms with Crippen molar-refractivity contribution in [3.63, 3.8) is 0 Å². The molecule has 88 valence electrons. The molecule has 16 heavy (non-hydrogen) atoms. The van der Waals surface area contributed by atoms with Crippen LogP contribution in [0, 0.1) is 10.1 Å². The van der Waals surface area contributed by atoms with E-state index in [1.54, 1.807) is 0 Å². The van der Waals surface area contributed by atoms with E-state index in [1.807, 2.05) is 0 Å². The molecule has 1 rings (SSSR count). The molecule has 0 spiro atoms. The molecule has 0 saturated carbocycles. The van der Waals surface area contributed by atoms with Gasteiger partial charge in [-0.3, -0.25) is 10.1 Å². The van der Waals surface area contributed by atoms with E-state index in [9.17, 15) is 20.3 Å². The molecular formula is C9H12N2O5. The fourth-order valence-electron chi connectivity index (χ4n) is 1.28. The third-order valence-corrected chi connectivity index (χ3v) is 2.12. The minimum atomic E-state index is -1.52. The molecule has 0 aliphatic carbocycles. The lowest BCUT2D eigenvalue weighted by molar-refractivity contribution is -0.386. The summed E-state index contributed by atoms with van der Waals surface area (Å²) in [5, 5.41) is 38.1. The topological polar surface area (TPSA) is 130 Å². The van der Waals surface area contributed by atoms with Gasteiger partial charge in [-0.15, -0.1) is 0 Å². The molecule has 1 aromatic carbocycles. The molecule has 0 saturated heterocycles. The predicted molar refractivity (Wildman–Crippen MR) is 55.6 cm³/mol. The highest BCUT2D eigenvalue weighted by Gasteiger charge is 2.25. The first-order valence-corrected chi connectivity index (χ1v) is 4.48. The van der Waals surface area contributed by atoms with Gasteiger partial charge in [0.05, 0.1) is 17.1 Å². The average Bonchev–Trinajstić information content (AvgIpc) is 2.26. The van der Waals surface area contributed by atoms with Gasteiger partial charge in [0.25, 0.3) is 5.69 Å². The van der Waals surface area contributed by atoms with E-state index in [0.29, 0.717) is 0 Å². The van der Waals surface area contributed by atoms with Crippen molar-refractivity contribution in [1.82, 2.24) is 0 Å². The van der Waals surface area contributed by atoms with Crippen LogP contribution in [-0.2, 0) is 0 Å². The van der Waals surface area contributed by atoms with E-state index in [-0.39, 0.29) is 16.9 Å². The van der Waals surface area contributed by atoms with E-state index in [0.717, 1.165) is 6.07 Å². The number of hydrogen-bond donors (Lipinski definition) is 4. The summed E-state index contributed by atoms with van der Waals surface area (Å²) in [6.07, 6.45) is -2.99. The largest absolute Gasteiger partial charge is 0.399 e. The Balaban J connectivity index is 3.17. The normalized spacial score (nSPS) is 14.4. The smallest absolute Gasteiger partial charge is 0.277 e. The molecule has 1 aromatic rings. The average molecular weight is 228 g/mol. The highest BCUT2D eigenvalue weighted by atomic mass is 16.6. The van der Waals surface area contributed by atoms with Gasteiger partial charge in [-0.2, -0.15) is 0 Å². The first-order valence-electron chi connectivity index (χ1n) is 4.48. The number of anilines is 1. The number of nitro groups is 1. The van der Waals surface area contributed by atoms with Gasteiger partial charge >= 0.3 is 0 Å². The van der Waals surface area contributed by atoms with Crippen molar-refractivity contribution in [3.05, 3.63) is 33.9 Å². The third-order valence-electron chi connectivity index (χ3n) is 2.12. The van der Waals surface area contributed by atoms with Gasteiger partial charge < -0.3 is 21.1 Å². The van der Waals surface area contributed by atoms with Crippen LogP contribution in [0.1, 0.15) is 11.7 Å². The number of nitro benzene ring substituents is 1. The van der Waals surface area contributed by atoms with Crippen LogP contribution in [0.25, 0.3) is 0 Å². The zero-order valence-electron chi connectivity index (χ0n) is 8.28. The third kappa shape index (κ3) is 2.45. The zero-order valence-corrected chi connectivity index (χ0v) is 8.28. The number of rotatable bonds is 4. The summed E-state index contributed by atoms with van der Waals surface area (Å²) >= 11 is 0. The lowest BCUT2D eigenvalue weighted by atomic mass is 10.0. The van der Waals surface area contributed by atoms with Gasteiger partial charge in [0.1, 0.15) is 12.2 Å². The summed E-state index contributed by atoms with van der Waals surface area (Å²) in [4.78, 5) is 9.97. The molecule has 0 heterocycles. The zero-order chi connectivity index (χ0) is 12.3. The van der Waals surface area contributed by atoms with E-state index in [1.165, 1.54) is 12.1 Å². The molecule has 0 fully saturated rings. The number of nitrogen functional groups attached to an aromatic ring is 1. The lowest BCUT2D eigenvalue weighted by Gasteiger charge is -2.15. The molecular weight excluding hydrogens is 216 g/mol. The Morgan fingerprint density at radius 2 is 2.06 bits per heavy atom. The maximum absolute atomic E-state index is 10.7. The number of nitrogens with two attached hydrogens (primary N) is 1. The van der Waals surface area contributed by atoms with E-state index in [4.69, 9.17) is 10.8 Å². The van der Waals surface area contributed by atoms with Crippen LogP contribution in [0.3, 0.4) is 0 Å². The molecule has 0 aliphatic rings. The standard InChI is InChI=1S/C9H12N2O5/c10-5-1-2-6(7(3-5)11(15)16)9(14)8(13)4-12/h1-3,8-9,12-14H,4,10H2. The number of benzene rings is 1. The molecule has 0 bridgehead atoms. The molecule has 2 unspecified atom stereocenters. The van der Waals surface area contributed by atoms with Gasteiger partial charge in [-0.05, 0) is 12.1 Å². The van der Waals surface area contributed by atoms with Crippen molar-refractivity contribution < 1.29 is 20.2 Å². The number of aliphatic hydroxyl groups excluding tert-OH is 3. The SMILES string of the molecule is Nc1ccc(C(O)C(O)CO)c([N+](=O)[O-])c1. The summed E-state index contributed by atoms with van der Waals surface area (Å²) in [5.74, 6) is 0. The summed E-state index contributed by atoms with van der Waals surface area (Å²) in [6.45, 7) is -0.692. The van der Waals surface area contributed by atoms with Gasteiger partial charge in [-0.25, -0.2) is 0 Å². The van der Waals surface area contributed by atoms with Crippen molar-refractivity contribution in [2.24, 2.45) is 0 Å². The fourth-order valence-corrected chi connectivity index (χ4v) is 1.28. The lowest BCUT2D eigenvalue weighted by Crippen LogP contribution is -2.22. The quantitative estimate of drug-likeness (QED) is 0.314. The second kappa shape index (κ2) is 4.88. The van der Waals surface area contributed by atoms with Crippen LogP contribution < -0.4 is 5.73 Å². The van der Waals surface area contributed by atoms with E-state index < -0.39 is 23.7 Å². The van der Waals surface area contributed by atoms with Gasteiger partial charge in [0, 0.05) is 11.8 Å². The molecule has 5 N–H and O–H groups in total. The first kappa shape index (κ1) is 12.4. The second-order valence-electron chi connectivity index (χ2n) is 3.27. The van der Waals surface area contributed by atoms with Crippen molar-refractivity contribution in [3.8, 4) is 0 Å². The van der Waals surface area contributed by atoms with Gasteiger partial charge in [-0.1, -0.05) is 0 Å². The molecule has 0 amide bonds. The van der Waals surface area contributed by atoms with Gasteiger partial charge in [0.15, 0.2) is 0 Å². The Bertz CT molecular complexity index is 395. The summed E-state index contributed by atoms with van der Waals surface area (Å²) in [6, 6.07) is 3.70. The summed E-state index contributed by atoms with van der Waals surface area (Å²) in [7, 11) is 0. The second-order valence-corrected chi connectivity index (χ2v) is 3.27. The van der Waals surface area contributed by atoms with Crippen molar-refractivity contribution in [2.75, 3.05) is 12.3 Å². The van der Waals surface area contributed by atoms with Crippen LogP contribution in [0.15, 0.2) is 18.2 Å². The Morgan fingerprint density at radius 1 is 1.44 bits per heavy atom. The Hall–Kier alpha value is -1.70. The molecule has 0 radical (unpaired) electrons. The highest BCUT2D eigenvalue weighted by Crippen LogP contribution is 2.28. The van der Waals surface area contributed by atoms with Crippen molar-refractivity contribution in [1.29, 1.82) is 0 Å². The Morgan fingerprint density at radius 3 is 2.56 bits per heavy atom. The number of nitrogens with zero attached hydrogens (tertiary/aromatic N) is 1. The van der Waals surface area contributed by atoms with Crippen molar-refractivity contribution in [2.45, 2.75) is 12.2 Å². The highest BCUT2D eigenvalue weighted by molar-refractivity contribution is 5.53. The van der Waals surface area contributed by atoms with E-state index >= 15 is 0 Å². The molecule has 2 atom stereocenters. The maximum atomic E-state index is 10.7. The van der Waals surface area contributed by atoms with Crippen LogP contribution in [0.4, 0.5) is 11.4 Å². The fraction of sp³-hybridized carbons (Fsp3) is 0.333. The van der Waals surface area contributed by atoms with Crippen LogP contribution in [0.5, 0.6) is 0 Å². The molecule has 7 heteroatoms. The van der Waals surface area contributed by atoms with Crippen LogP contribution in [-0.4, -0.2) is 33.0 Å². The Labute approximate surface area is 90.9 Å². The first-order chi connectivity index (χ1) is 7.47.